The molecular weight excluding hydrogens is 391 g/mol. The summed E-state index contributed by atoms with van der Waals surface area (Å²) in [5.41, 5.74) is -1.46. The summed E-state index contributed by atoms with van der Waals surface area (Å²) in [5, 5.41) is 3.76. The van der Waals surface area contributed by atoms with E-state index in [2.05, 4.69) is 5.32 Å². The van der Waals surface area contributed by atoms with Gasteiger partial charge in [0.05, 0.1) is 13.1 Å². The summed E-state index contributed by atoms with van der Waals surface area (Å²) in [6.45, 7) is 11.2. The Labute approximate surface area is 170 Å². The number of hydrogen-bond donors (Lipinski definition) is 1. The number of amides is 2. The summed E-state index contributed by atoms with van der Waals surface area (Å²) >= 11 is 12.4. The van der Waals surface area contributed by atoms with Gasteiger partial charge in [-0.15, -0.1) is 0 Å². The largest absolute Gasteiger partial charge is 0.444 e. The van der Waals surface area contributed by atoms with Crippen molar-refractivity contribution >= 4 is 35.4 Å². The molecule has 0 saturated carbocycles. The van der Waals surface area contributed by atoms with Crippen molar-refractivity contribution in [1.29, 1.82) is 0 Å². The van der Waals surface area contributed by atoms with E-state index in [9.17, 15) is 9.59 Å². The molecule has 0 radical (unpaired) electrons. The Balaban J connectivity index is 2.24. The zero-order valence-corrected chi connectivity index (χ0v) is 18.0. The van der Waals surface area contributed by atoms with Crippen LogP contribution in [0.25, 0.3) is 0 Å². The quantitative estimate of drug-likeness (QED) is 0.738. The molecule has 150 valence electrons. The molecule has 0 bridgehead atoms. The van der Waals surface area contributed by atoms with Crippen LogP contribution < -0.4 is 5.32 Å². The summed E-state index contributed by atoms with van der Waals surface area (Å²) in [4.78, 5) is 26.2. The fourth-order valence-electron chi connectivity index (χ4n) is 2.75. The molecule has 1 heterocycles. The van der Waals surface area contributed by atoms with Crippen LogP contribution in [0.5, 0.6) is 0 Å². The van der Waals surface area contributed by atoms with E-state index in [1.54, 1.807) is 59.7 Å². The SMILES string of the molecule is CC(C)(C)OC(=O)NC1(c2ccc(Cl)cc2Cl)CN(C(=O)OC(C)(C)C)C1. The highest BCUT2D eigenvalue weighted by molar-refractivity contribution is 6.35. The van der Waals surface area contributed by atoms with Crippen LogP contribution in [0.3, 0.4) is 0 Å². The topological polar surface area (TPSA) is 67.9 Å². The molecule has 1 aliphatic rings. The Morgan fingerprint density at radius 1 is 1.04 bits per heavy atom. The van der Waals surface area contributed by atoms with Gasteiger partial charge in [0, 0.05) is 10.0 Å². The van der Waals surface area contributed by atoms with Gasteiger partial charge < -0.3 is 19.7 Å². The monoisotopic (exact) mass is 416 g/mol. The Bertz CT molecular complexity index is 732. The molecule has 1 aliphatic heterocycles. The Morgan fingerprint density at radius 2 is 1.59 bits per heavy atom. The van der Waals surface area contributed by atoms with Crippen molar-refractivity contribution in [2.75, 3.05) is 13.1 Å². The standard InChI is InChI=1S/C19H26Cl2N2O4/c1-17(2,3)26-15(24)22-19(13-8-7-12(20)9-14(13)21)10-23(11-19)16(25)27-18(4,5)6/h7-9H,10-11H2,1-6H3,(H,22,24). The van der Waals surface area contributed by atoms with E-state index in [4.69, 9.17) is 32.7 Å². The summed E-state index contributed by atoms with van der Waals surface area (Å²) in [6, 6.07) is 5.04. The number of alkyl carbamates (subject to hydrolysis) is 1. The molecule has 1 N–H and O–H groups in total. The highest BCUT2D eigenvalue weighted by atomic mass is 35.5. The van der Waals surface area contributed by atoms with Gasteiger partial charge in [-0.2, -0.15) is 0 Å². The molecule has 1 aromatic carbocycles. The molecule has 0 aromatic heterocycles. The predicted molar refractivity (Wildman–Crippen MR) is 105 cm³/mol. The van der Waals surface area contributed by atoms with E-state index in [0.717, 1.165) is 0 Å². The lowest BCUT2D eigenvalue weighted by Crippen LogP contribution is -2.69. The Kier molecular flexibility index (Phi) is 5.93. The first-order chi connectivity index (χ1) is 12.2. The number of rotatable bonds is 2. The van der Waals surface area contributed by atoms with Crippen molar-refractivity contribution in [3.05, 3.63) is 33.8 Å². The van der Waals surface area contributed by atoms with Crippen molar-refractivity contribution in [2.45, 2.75) is 58.3 Å². The molecule has 2 amide bonds. The normalized spacial score (nSPS) is 16.4. The summed E-state index contributed by atoms with van der Waals surface area (Å²) < 4.78 is 10.8. The van der Waals surface area contributed by atoms with Crippen LogP contribution in [0.1, 0.15) is 47.1 Å². The van der Waals surface area contributed by atoms with E-state index in [0.29, 0.717) is 15.6 Å². The molecular formula is C19H26Cl2N2O4. The van der Waals surface area contributed by atoms with Crippen LogP contribution in [0.4, 0.5) is 9.59 Å². The van der Waals surface area contributed by atoms with E-state index >= 15 is 0 Å². The summed E-state index contributed by atoms with van der Waals surface area (Å²) in [7, 11) is 0. The van der Waals surface area contributed by atoms with Gasteiger partial charge in [0.1, 0.15) is 16.7 Å². The van der Waals surface area contributed by atoms with Crippen LogP contribution >= 0.6 is 23.2 Å². The lowest BCUT2D eigenvalue weighted by Gasteiger charge is -2.50. The molecule has 0 aliphatic carbocycles. The molecule has 1 fully saturated rings. The molecule has 27 heavy (non-hydrogen) atoms. The molecule has 2 rings (SSSR count). The third kappa shape index (κ3) is 5.66. The number of halogens is 2. The maximum absolute atomic E-state index is 12.4. The van der Waals surface area contributed by atoms with Crippen LogP contribution in [0.2, 0.25) is 10.0 Å². The van der Waals surface area contributed by atoms with Gasteiger partial charge in [0.25, 0.3) is 0 Å². The third-order valence-corrected chi connectivity index (χ3v) is 4.31. The van der Waals surface area contributed by atoms with E-state index in [1.165, 1.54) is 4.90 Å². The second-order valence-corrected chi connectivity index (χ2v) is 9.51. The minimum Gasteiger partial charge on any atom is -0.444 e. The van der Waals surface area contributed by atoms with Crippen molar-refractivity contribution in [1.82, 2.24) is 10.2 Å². The van der Waals surface area contributed by atoms with Crippen molar-refractivity contribution in [2.24, 2.45) is 0 Å². The van der Waals surface area contributed by atoms with Gasteiger partial charge in [-0.05, 0) is 59.2 Å². The Morgan fingerprint density at radius 3 is 2.07 bits per heavy atom. The lowest BCUT2D eigenvalue weighted by atomic mass is 9.82. The highest BCUT2D eigenvalue weighted by Gasteiger charge is 2.50. The van der Waals surface area contributed by atoms with Gasteiger partial charge in [-0.3, -0.25) is 0 Å². The summed E-state index contributed by atoms with van der Waals surface area (Å²) in [6.07, 6.45) is -1.04. The molecule has 6 nitrogen and oxygen atoms in total. The zero-order chi connectivity index (χ0) is 20.6. The number of benzene rings is 1. The number of likely N-dealkylation sites (tertiary alicyclic amines) is 1. The van der Waals surface area contributed by atoms with Crippen LogP contribution in [-0.4, -0.2) is 41.4 Å². The maximum atomic E-state index is 12.4. The third-order valence-electron chi connectivity index (χ3n) is 3.76. The van der Waals surface area contributed by atoms with Gasteiger partial charge in [0.15, 0.2) is 0 Å². The number of hydrogen-bond acceptors (Lipinski definition) is 4. The van der Waals surface area contributed by atoms with Gasteiger partial charge in [-0.25, -0.2) is 9.59 Å². The van der Waals surface area contributed by atoms with Gasteiger partial charge in [0.2, 0.25) is 0 Å². The molecule has 0 unspecified atom stereocenters. The molecule has 0 spiro atoms. The predicted octanol–water partition coefficient (Wildman–Crippen LogP) is 4.96. The molecule has 1 aromatic rings. The van der Waals surface area contributed by atoms with Crippen molar-refractivity contribution < 1.29 is 19.1 Å². The highest BCUT2D eigenvalue weighted by Crippen LogP contribution is 2.38. The van der Waals surface area contributed by atoms with Crippen LogP contribution in [-0.2, 0) is 15.0 Å². The second-order valence-electron chi connectivity index (χ2n) is 8.67. The summed E-state index contributed by atoms with van der Waals surface area (Å²) in [5.74, 6) is 0. The van der Waals surface area contributed by atoms with Gasteiger partial charge in [-0.1, -0.05) is 29.3 Å². The Hall–Kier alpha value is -1.66. The first kappa shape index (κ1) is 21.6. The minimum absolute atomic E-state index is 0.211. The van der Waals surface area contributed by atoms with E-state index < -0.39 is 28.9 Å². The first-order valence-electron chi connectivity index (χ1n) is 8.65. The average molecular weight is 417 g/mol. The second kappa shape index (κ2) is 7.40. The van der Waals surface area contributed by atoms with E-state index in [-0.39, 0.29) is 13.1 Å². The number of carbonyl (C=O) groups is 2. The minimum atomic E-state index is -0.874. The van der Waals surface area contributed by atoms with Crippen molar-refractivity contribution in [3.8, 4) is 0 Å². The number of nitrogens with zero attached hydrogens (tertiary/aromatic N) is 1. The number of carbonyl (C=O) groups excluding carboxylic acids is 2. The maximum Gasteiger partial charge on any atom is 0.410 e. The van der Waals surface area contributed by atoms with Crippen LogP contribution in [0, 0.1) is 0 Å². The number of ether oxygens (including phenoxy) is 2. The molecule has 8 heteroatoms. The van der Waals surface area contributed by atoms with Crippen LogP contribution in [0.15, 0.2) is 18.2 Å². The smallest absolute Gasteiger partial charge is 0.410 e. The molecule has 1 saturated heterocycles. The van der Waals surface area contributed by atoms with Gasteiger partial charge >= 0.3 is 12.2 Å². The average Bonchev–Trinajstić information content (AvgIpc) is 2.38. The van der Waals surface area contributed by atoms with Crippen molar-refractivity contribution in [3.63, 3.8) is 0 Å². The fourth-order valence-corrected chi connectivity index (χ4v) is 3.34. The zero-order valence-electron chi connectivity index (χ0n) is 16.5. The van der Waals surface area contributed by atoms with E-state index in [1.807, 2.05) is 0 Å². The lowest BCUT2D eigenvalue weighted by molar-refractivity contribution is -0.0229. The first-order valence-corrected chi connectivity index (χ1v) is 9.41. The fraction of sp³-hybridized carbons (Fsp3) is 0.579. The molecule has 0 atom stereocenters. The number of nitrogens with one attached hydrogen (secondary N) is 1.